The van der Waals surface area contributed by atoms with Crippen molar-refractivity contribution in [1.29, 1.82) is 0 Å². The van der Waals surface area contributed by atoms with Crippen molar-refractivity contribution < 1.29 is 4.79 Å². The van der Waals surface area contributed by atoms with Crippen molar-refractivity contribution in [3.8, 4) is 0 Å². The van der Waals surface area contributed by atoms with Crippen LogP contribution in [-0.2, 0) is 4.79 Å². The van der Waals surface area contributed by atoms with Crippen LogP contribution in [0, 0.1) is 0 Å². The Hall–Kier alpha value is -0.800. The maximum Gasteiger partial charge on any atom is 0.248 e. The van der Waals surface area contributed by atoms with E-state index in [0.29, 0.717) is 5.88 Å². The number of carbonyl (C=O) groups excluding carboxylic acids is 1. The molecular weight excluding hydrogens is 265 g/mol. The highest BCUT2D eigenvalue weighted by Gasteiger charge is 1.96. The van der Waals surface area contributed by atoms with Gasteiger partial charge < -0.3 is 5.32 Å². The highest BCUT2D eigenvalue weighted by Crippen LogP contribution is 2.15. The van der Waals surface area contributed by atoms with E-state index in [1.807, 2.05) is 24.3 Å². The first-order valence-electron chi connectivity index (χ1n) is 4.01. The summed E-state index contributed by atoms with van der Waals surface area (Å²) in [6.45, 7) is 0. The highest BCUT2D eigenvalue weighted by molar-refractivity contribution is 9.10. The average Bonchev–Trinajstić information content (AvgIpc) is 2.15. The van der Waals surface area contributed by atoms with E-state index in [2.05, 4.69) is 21.2 Å². The van der Waals surface area contributed by atoms with E-state index in [1.54, 1.807) is 6.08 Å². The van der Waals surface area contributed by atoms with E-state index in [4.69, 9.17) is 11.6 Å². The van der Waals surface area contributed by atoms with Gasteiger partial charge in [0.25, 0.3) is 0 Å². The molecule has 74 valence electrons. The van der Waals surface area contributed by atoms with Crippen LogP contribution in [0.4, 0.5) is 5.69 Å². The van der Waals surface area contributed by atoms with Crippen molar-refractivity contribution in [1.82, 2.24) is 0 Å². The second kappa shape index (κ2) is 5.83. The molecule has 14 heavy (non-hydrogen) atoms. The molecule has 0 heterocycles. The first-order chi connectivity index (χ1) is 6.72. The first-order valence-corrected chi connectivity index (χ1v) is 5.34. The summed E-state index contributed by atoms with van der Waals surface area (Å²) in [6, 6.07) is 7.39. The van der Waals surface area contributed by atoms with Crippen LogP contribution in [0.3, 0.4) is 0 Å². The minimum atomic E-state index is -0.177. The molecule has 0 spiro atoms. The van der Waals surface area contributed by atoms with Gasteiger partial charge in [-0.05, 0) is 18.2 Å². The summed E-state index contributed by atoms with van der Waals surface area (Å²) in [6.07, 6.45) is 3.00. The van der Waals surface area contributed by atoms with Crippen LogP contribution in [0.2, 0.25) is 0 Å². The van der Waals surface area contributed by atoms with Crippen molar-refractivity contribution >= 4 is 39.1 Å². The topological polar surface area (TPSA) is 29.1 Å². The second-order valence-corrected chi connectivity index (χ2v) is 3.78. The Morgan fingerprint density at radius 1 is 1.57 bits per heavy atom. The molecule has 0 aliphatic carbocycles. The fourth-order valence-corrected chi connectivity index (χ4v) is 1.39. The highest BCUT2D eigenvalue weighted by atomic mass is 79.9. The maximum absolute atomic E-state index is 11.2. The zero-order valence-electron chi connectivity index (χ0n) is 7.34. The first kappa shape index (κ1) is 11.3. The molecule has 1 N–H and O–H groups in total. The number of carbonyl (C=O) groups is 1. The zero-order chi connectivity index (χ0) is 10.4. The lowest BCUT2D eigenvalue weighted by atomic mass is 10.3. The van der Waals surface area contributed by atoms with Gasteiger partial charge in [0.15, 0.2) is 0 Å². The molecule has 2 nitrogen and oxygen atoms in total. The summed E-state index contributed by atoms with van der Waals surface area (Å²) >= 11 is 8.71. The molecule has 1 amide bonds. The zero-order valence-corrected chi connectivity index (χ0v) is 9.68. The molecule has 0 aromatic heterocycles. The van der Waals surface area contributed by atoms with Crippen molar-refractivity contribution in [2.24, 2.45) is 0 Å². The standard InChI is InChI=1S/C10H9BrClNO/c11-8-3-1-4-9(7-8)13-10(14)5-2-6-12/h1-5,7H,6H2,(H,13,14)/b5-2+. The number of hydrogen-bond donors (Lipinski definition) is 1. The smallest absolute Gasteiger partial charge is 0.248 e. The normalized spacial score (nSPS) is 10.4. The van der Waals surface area contributed by atoms with Crippen LogP contribution < -0.4 is 5.32 Å². The average molecular weight is 275 g/mol. The molecular formula is C10H9BrClNO. The molecule has 1 rings (SSSR count). The van der Waals surface area contributed by atoms with Gasteiger partial charge in [-0.15, -0.1) is 11.6 Å². The number of anilines is 1. The molecule has 1 aromatic carbocycles. The van der Waals surface area contributed by atoms with Crippen LogP contribution in [0.15, 0.2) is 40.9 Å². The number of benzene rings is 1. The maximum atomic E-state index is 11.2. The molecule has 0 unspecified atom stereocenters. The van der Waals surface area contributed by atoms with E-state index in [0.717, 1.165) is 10.2 Å². The fourth-order valence-electron chi connectivity index (χ4n) is 0.902. The number of nitrogens with one attached hydrogen (secondary N) is 1. The molecule has 0 aliphatic rings. The van der Waals surface area contributed by atoms with Crippen molar-refractivity contribution in [3.63, 3.8) is 0 Å². The third-order valence-electron chi connectivity index (χ3n) is 1.45. The van der Waals surface area contributed by atoms with Gasteiger partial charge in [-0.1, -0.05) is 28.1 Å². The monoisotopic (exact) mass is 273 g/mol. The van der Waals surface area contributed by atoms with Crippen LogP contribution in [0.25, 0.3) is 0 Å². The van der Waals surface area contributed by atoms with E-state index in [1.165, 1.54) is 6.08 Å². The van der Waals surface area contributed by atoms with Crippen LogP contribution in [0.5, 0.6) is 0 Å². The fraction of sp³-hybridized carbons (Fsp3) is 0.100. The minimum absolute atomic E-state index is 0.177. The van der Waals surface area contributed by atoms with Crippen LogP contribution in [0.1, 0.15) is 0 Å². The lowest BCUT2D eigenvalue weighted by Crippen LogP contribution is -2.07. The van der Waals surface area contributed by atoms with E-state index in [9.17, 15) is 4.79 Å². The number of rotatable bonds is 3. The quantitative estimate of drug-likeness (QED) is 0.666. The van der Waals surface area contributed by atoms with Crippen molar-refractivity contribution in [3.05, 3.63) is 40.9 Å². The predicted octanol–water partition coefficient (Wildman–Crippen LogP) is 3.18. The summed E-state index contributed by atoms with van der Waals surface area (Å²) in [7, 11) is 0. The molecule has 0 saturated carbocycles. The lowest BCUT2D eigenvalue weighted by molar-refractivity contribution is -0.111. The van der Waals surface area contributed by atoms with Gasteiger partial charge in [0.2, 0.25) is 5.91 Å². The Morgan fingerprint density at radius 3 is 3.00 bits per heavy atom. The molecule has 1 aromatic rings. The Morgan fingerprint density at radius 2 is 2.36 bits per heavy atom. The molecule has 0 bridgehead atoms. The lowest BCUT2D eigenvalue weighted by Gasteiger charge is -2.01. The van der Waals surface area contributed by atoms with E-state index in [-0.39, 0.29) is 5.91 Å². The Balaban J connectivity index is 2.60. The van der Waals surface area contributed by atoms with Gasteiger partial charge in [-0.25, -0.2) is 0 Å². The minimum Gasteiger partial charge on any atom is -0.322 e. The SMILES string of the molecule is O=C(/C=C/CCl)Nc1cccc(Br)c1. The summed E-state index contributed by atoms with van der Waals surface area (Å²) < 4.78 is 0.927. The van der Waals surface area contributed by atoms with Crippen molar-refractivity contribution in [2.45, 2.75) is 0 Å². The van der Waals surface area contributed by atoms with Gasteiger partial charge in [0.1, 0.15) is 0 Å². The van der Waals surface area contributed by atoms with Crippen molar-refractivity contribution in [2.75, 3.05) is 11.2 Å². The van der Waals surface area contributed by atoms with E-state index < -0.39 is 0 Å². The predicted molar refractivity (Wildman–Crippen MR) is 62.6 cm³/mol. The third kappa shape index (κ3) is 3.94. The second-order valence-electron chi connectivity index (χ2n) is 2.56. The molecule has 0 aliphatic heterocycles. The summed E-state index contributed by atoms with van der Waals surface area (Å²) in [5, 5.41) is 2.70. The molecule has 0 fully saturated rings. The van der Waals surface area contributed by atoms with Crippen LogP contribution in [-0.4, -0.2) is 11.8 Å². The molecule has 4 heteroatoms. The largest absolute Gasteiger partial charge is 0.322 e. The summed E-state index contributed by atoms with van der Waals surface area (Å²) in [5.74, 6) is 0.162. The molecule has 0 atom stereocenters. The summed E-state index contributed by atoms with van der Waals surface area (Å²) in [5.41, 5.74) is 0.753. The summed E-state index contributed by atoms with van der Waals surface area (Å²) in [4.78, 5) is 11.2. The van der Waals surface area contributed by atoms with Gasteiger partial charge in [0.05, 0.1) is 0 Å². The van der Waals surface area contributed by atoms with Crippen LogP contribution >= 0.6 is 27.5 Å². The third-order valence-corrected chi connectivity index (χ3v) is 2.12. The van der Waals surface area contributed by atoms with Gasteiger partial charge in [-0.2, -0.15) is 0 Å². The Bertz CT molecular complexity index is 352. The molecule has 0 radical (unpaired) electrons. The van der Waals surface area contributed by atoms with Gasteiger partial charge in [-0.3, -0.25) is 4.79 Å². The number of halogens is 2. The van der Waals surface area contributed by atoms with Gasteiger partial charge >= 0.3 is 0 Å². The molecule has 0 saturated heterocycles. The number of alkyl halides is 1. The number of hydrogen-bond acceptors (Lipinski definition) is 1. The van der Waals surface area contributed by atoms with Gasteiger partial charge in [0, 0.05) is 22.1 Å². The Labute approximate surface area is 96.1 Å². The Kier molecular flexibility index (Phi) is 4.70. The van der Waals surface area contributed by atoms with E-state index >= 15 is 0 Å². The number of allylic oxidation sites excluding steroid dienone is 1. The number of amides is 1.